The molecule has 1 aromatic rings. The van der Waals surface area contributed by atoms with Crippen molar-refractivity contribution in [2.45, 2.75) is 44.8 Å². The molecule has 0 spiro atoms. The molecule has 1 fully saturated rings. The smallest absolute Gasteiger partial charge is 0.337 e. The van der Waals surface area contributed by atoms with Crippen molar-refractivity contribution >= 4 is 11.7 Å². The first-order valence-corrected chi connectivity index (χ1v) is 6.36. The first-order valence-electron chi connectivity index (χ1n) is 6.36. The quantitative estimate of drug-likeness (QED) is 0.769. The number of aliphatic hydroxyl groups excluding tert-OH is 1. The zero-order valence-electron chi connectivity index (χ0n) is 10.5. The lowest BCUT2D eigenvalue weighted by atomic mass is 9.92. The topological polar surface area (TPSA) is 69.6 Å². The van der Waals surface area contributed by atoms with Crippen molar-refractivity contribution in [3.05, 3.63) is 29.3 Å². The Morgan fingerprint density at radius 2 is 2.06 bits per heavy atom. The monoisotopic (exact) mass is 249 g/mol. The van der Waals surface area contributed by atoms with Crippen LogP contribution in [0.1, 0.15) is 41.6 Å². The van der Waals surface area contributed by atoms with Crippen LogP contribution in [0.3, 0.4) is 0 Å². The van der Waals surface area contributed by atoms with Gasteiger partial charge in [-0.3, -0.25) is 0 Å². The van der Waals surface area contributed by atoms with Crippen molar-refractivity contribution in [3.63, 3.8) is 0 Å². The van der Waals surface area contributed by atoms with Crippen LogP contribution >= 0.6 is 0 Å². The van der Waals surface area contributed by atoms with Gasteiger partial charge in [0.1, 0.15) is 0 Å². The lowest BCUT2D eigenvalue weighted by Crippen LogP contribution is -2.36. The van der Waals surface area contributed by atoms with E-state index < -0.39 is 5.97 Å². The predicted octanol–water partition coefficient (Wildman–Crippen LogP) is 2.41. The highest BCUT2D eigenvalue weighted by Crippen LogP contribution is 2.25. The number of nitrogens with one attached hydrogen (secondary N) is 1. The molecule has 0 saturated heterocycles. The van der Waals surface area contributed by atoms with Crippen molar-refractivity contribution in [1.82, 2.24) is 0 Å². The van der Waals surface area contributed by atoms with Gasteiger partial charge in [-0.05, 0) is 37.5 Å². The average Bonchev–Trinajstić information content (AvgIpc) is 2.32. The van der Waals surface area contributed by atoms with E-state index in [2.05, 4.69) is 5.32 Å². The van der Waals surface area contributed by atoms with Gasteiger partial charge in [-0.1, -0.05) is 18.9 Å². The molecule has 0 aliphatic heterocycles. The molecule has 18 heavy (non-hydrogen) atoms. The Kier molecular flexibility index (Phi) is 3.87. The van der Waals surface area contributed by atoms with E-state index in [4.69, 9.17) is 5.11 Å². The lowest BCUT2D eigenvalue weighted by Gasteiger charge is -2.29. The third-order valence-electron chi connectivity index (χ3n) is 3.48. The van der Waals surface area contributed by atoms with E-state index in [-0.39, 0.29) is 17.7 Å². The Bertz CT molecular complexity index is 445. The SMILES string of the molecule is Cc1ccc(C(=O)O)c(NC2CCCCC2O)c1. The molecule has 0 aromatic heterocycles. The zero-order valence-corrected chi connectivity index (χ0v) is 10.5. The van der Waals surface area contributed by atoms with Crippen LogP contribution in [0.2, 0.25) is 0 Å². The first-order chi connectivity index (χ1) is 8.58. The van der Waals surface area contributed by atoms with Gasteiger partial charge >= 0.3 is 5.97 Å². The summed E-state index contributed by atoms with van der Waals surface area (Å²) in [6.07, 6.45) is 3.39. The Morgan fingerprint density at radius 3 is 2.72 bits per heavy atom. The maximum absolute atomic E-state index is 11.2. The Balaban J connectivity index is 2.21. The molecule has 98 valence electrons. The highest BCUT2D eigenvalue weighted by Gasteiger charge is 2.24. The van der Waals surface area contributed by atoms with Crippen LogP contribution in [0.15, 0.2) is 18.2 Å². The number of aliphatic hydroxyl groups is 1. The summed E-state index contributed by atoms with van der Waals surface area (Å²) in [6.45, 7) is 1.92. The number of anilines is 1. The number of aryl methyl sites for hydroxylation is 1. The van der Waals surface area contributed by atoms with Crippen LogP contribution in [0.4, 0.5) is 5.69 Å². The van der Waals surface area contributed by atoms with Crippen LogP contribution < -0.4 is 5.32 Å². The van der Waals surface area contributed by atoms with Crippen molar-refractivity contribution in [2.75, 3.05) is 5.32 Å². The summed E-state index contributed by atoms with van der Waals surface area (Å²) in [5.74, 6) is -0.942. The Morgan fingerprint density at radius 1 is 1.33 bits per heavy atom. The fraction of sp³-hybridized carbons (Fsp3) is 0.500. The van der Waals surface area contributed by atoms with E-state index in [1.165, 1.54) is 0 Å². The van der Waals surface area contributed by atoms with Crippen LogP contribution in [0.25, 0.3) is 0 Å². The largest absolute Gasteiger partial charge is 0.478 e. The number of hydrogen-bond acceptors (Lipinski definition) is 3. The number of rotatable bonds is 3. The molecule has 3 N–H and O–H groups in total. The standard InChI is InChI=1S/C14H19NO3/c1-9-6-7-10(14(17)18)12(8-9)15-11-4-2-3-5-13(11)16/h6-8,11,13,15-16H,2-5H2,1H3,(H,17,18). The summed E-state index contributed by atoms with van der Waals surface area (Å²) in [6, 6.07) is 5.17. The number of carbonyl (C=O) groups is 1. The van der Waals surface area contributed by atoms with E-state index >= 15 is 0 Å². The first kappa shape index (κ1) is 12.9. The number of aromatic carboxylic acids is 1. The van der Waals surface area contributed by atoms with Gasteiger partial charge in [-0.25, -0.2) is 4.79 Å². The third kappa shape index (κ3) is 2.82. The molecule has 2 rings (SSSR count). The molecule has 1 aliphatic rings. The molecule has 0 heterocycles. The fourth-order valence-electron chi connectivity index (χ4n) is 2.44. The summed E-state index contributed by atoms with van der Waals surface area (Å²) in [7, 11) is 0. The Labute approximate surface area is 107 Å². The molecular weight excluding hydrogens is 230 g/mol. The van der Waals surface area contributed by atoms with Gasteiger partial charge in [0.2, 0.25) is 0 Å². The van der Waals surface area contributed by atoms with E-state index in [9.17, 15) is 9.90 Å². The van der Waals surface area contributed by atoms with Crippen LogP contribution in [-0.2, 0) is 0 Å². The van der Waals surface area contributed by atoms with E-state index in [0.717, 1.165) is 31.2 Å². The summed E-state index contributed by atoms with van der Waals surface area (Å²) in [5.41, 5.74) is 1.87. The van der Waals surface area contributed by atoms with Crippen LogP contribution in [0.5, 0.6) is 0 Å². The molecule has 4 nitrogen and oxygen atoms in total. The highest BCUT2D eigenvalue weighted by atomic mass is 16.4. The minimum absolute atomic E-state index is 0.0429. The third-order valence-corrected chi connectivity index (χ3v) is 3.48. The average molecular weight is 249 g/mol. The lowest BCUT2D eigenvalue weighted by molar-refractivity contribution is 0.0697. The maximum atomic E-state index is 11.2. The van der Waals surface area contributed by atoms with Gasteiger partial charge in [-0.2, -0.15) is 0 Å². The zero-order chi connectivity index (χ0) is 13.1. The fourth-order valence-corrected chi connectivity index (χ4v) is 2.44. The summed E-state index contributed by atoms with van der Waals surface area (Å²) in [4.78, 5) is 11.2. The van der Waals surface area contributed by atoms with E-state index in [0.29, 0.717) is 5.69 Å². The number of benzene rings is 1. The van der Waals surface area contributed by atoms with Crippen molar-refractivity contribution in [3.8, 4) is 0 Å². The minimum Gasteiger partial charge on any atom is -0.478 e. The normalized spacial score (nSPS) is 23.7. The maximum Gasteiger partial charge on any atom is 0.337 e. The number of hydrogen-bond donors (Lipinski definition) is 3. The summed E-state index contributed by atoms with van der Waals surface area (Å²) >= 11 is 0. The van der Waals surface area contributed by atoms with Gasteiger partial charge in [0, 0.05) is 5.69 Å². The van der Waals surface area contributed by atoms with Crippen molar-refractivity contribution in [1.29, 1.82) is 0 Å². The number of carboxylic acid groups (broad SMARTS) is 1. The Hall–Kier alpha value is -1.55. The minimum atomic E-state index is -0.942. The molecule has 0 amide bonds. The molecule has 4 heteroatoms. The molecule has 1 aromatic carbocycles. The van der Waals surface area contributed by atoms with Crippen LogP contribution in [-0.4, -0.2) is 28.3 Å². The van der Waals surface area contributed by atoms with Gasteiger partial charge in [0.15, 0.2) is 0 Å². The van der Waals surface area contributed by atoms with E-state index in [1.807, 2.05) is 13.0 Å². The molecule has 1 saturated carbocycles. The van der Waals surface area contributed by atoms with Crippen molar-refractivity contribution < 1.29 is 15.0 Å². The van der Waals surface area contributed by atoms with Gasteiger partial charge < -0.3 is 15.5 Å². The van der Waals surface area contributed by atoms with E-state index in [1.54, 1.807) is 12.1 Å². The molecule has 0 bridgehead atoms. The summed E-state index contributed by atoms with van der Waals surface area (Å²) < 4.78 is 0. The van der Waals surface area contributed by atoms with Crippen LogP contribution in [0, 0.1) is 6.92 Å². The molecular formula is C14H19NO3. The second-order valence-corrected chi connectivity index (χ2v) is 4.96. The molecule has 0 radical (unpaired) electrons. The second kappa shape index (κ2) is 5.40. The highest BCUT2D eigenvalue weighted by molar-refractivity contribution is 5.94. The number of carboxylic acids is 1. The van der Waals surface area contributed by atoms with Gasteiger partial charge in [0.05, 0.1) is 17.7 Å². The van der Waals surface area contributed by atoms with Gasteiger partial charge in [-0.15, -0.1) is 0 Å². The molecule has 2 unspecified atom stereocenters. The molecule has 1 aliphatic carbocycles. The predicted molar refractivity (Wildman–Crippen MR) is 70.0 cm³/mol. The second-order valence-electron chi connectivity index (χ2n) is 4.96. The van der Waals surface area contributed by atoms with Gasteiger partial charge in [0.25, 0.3) is 0 Å². The molecule has 2 atom stereocenters. The van der Waals surface area contributed by atoms with Crippen molar-refractivity contribution in [2.24, 2.45) is 0 Å². The summed E-state index contributed by atoms with van der Waals surface area (Å²) in [5, 5.41) is 22.3.